The van der Waals surface area contributed by atoms with E-state index in [1.807, 2.05) is 0 Å². The summed E-state index contributed by atoms with van der Waals surface area (Å²) in [4.78, 5) is 73.1. The van der Waals surface area contributed by atoms with Crippen LogP contribution in [0.1, 0.15) is 465 Å². The molecule has 3 N–H and O–H groups in total. The van der Waals surface area contributed by atoms with E-state index < -0.39 is 97.5 Å². The van der Waals surface area contributed by atoms with E-state index >= 15 is 0 Å². The molecule has 0 rings (SSSR count). The van der Waals surface area contributed by atoms with E-state index in [0.29, 0.717) is 25.7 Å². The summed E-state index contributed by atoms with van der Waals surface area (Å²) in [6.45, 7) is 7.37. The van der Waals surface area contributed by atoms with Gasteiger partial charge in [0.25, 0.3) is 0 Å². The summed E-state index contributed by atoms with van der Waals surface area (Å²) in [6.07, 6.45) is 72.3. The zero-order valence-corrected chi connectivity index (χ0v) is 70.7. The molecule has 0 aromatic rings. The normalized spacial score (nSPS) is 13.8. The minimum absolute atomic E-state index is 0.109. The highest BCUT2D eigenvalue weighted by Gasteiger charge is 2.30. The molecule has 0 spiro atoms. The lowest BCUT2D eigenvalue weighted by molar-refractivity contribution is -0.161. The van der Waals surface area contributed by atoms with Gasteiger partial charge in [0.15, 0.2) is 12.2 Å². The maximum absolute atomic E-state index is 13.1. The Kier molecular flexibility index (Phi) is 77.3. The zero-order chi connectivity index (χ0) is 76.9. The Bertz CT molecular complexity index is 2000. The topological polar surface area (TPSA) is 237 Å². The minimum atomic E-state index is -4.96. The number of hydrogen-bond acceptors (Lipinski definition) is 15. The van der Waals surface area contributed by atoms with E-state index in [0.717, 1.165) is 95.8 Å². The number of esters is 4. The van der Waals surface area contributed by atoms with Gasteiger partial charge in [-0.3, -0.25) is 37.3 Å². The van der Waals surface area contributed by atoms with Gasteiger partial charge in [-0.05, 0) is 31.6 Å². The van der Waals surface area contributed by atoms with Crippen LogP contribution >= 0.6 is 15.6 Å². The third kappa shape index (κ3) is 79.9. The number of aliphatic hydroxyl groups excluding tert-OH is 1. The van der Waals surface area contributed by atoms with E-state index in [4.69, 9.17) is 37.0 Å². The second kappa shape index (κ2) is 78.7. The summed E-state index contributed by atoms with van der Waals surface area (Å²) in [6, 6.07) is 0. The Morgan fingerprint density at radius 1 is 0.257 bits per heavy atom. The molecule has 0 bridgehead atoms. The smallest absolute Gasteiger partial charge is 0.462 e. The largest absolute Gasteiger partial charge is 0.472 e. The first kappa shape index (κ1) is 103. The van der Waals surface area contributed by atoms with Crippen molar-refractivity contribution in [1.29, 1.82) is 0 Å². The average molecular weight is 1540 g/mol. The molecule has 0 amide bonds. The van der Waals surface area contributed by atoms with Gasteiger partial charge >= 0.3 is 39.5 Å². The Balaban J connectivity index is 5.18. The minimum Gasteiger partial charge on any atom is -0.462 e. The summed E-state index contributed by atoms with van der Waals surface area (Å²) in [7, 11) is -9.92. The number of hydrogen-bond donors (Lipinski definition) is 3. The maximum Gasteiger partial charge on any atom is 0.472 e. The molecule has 0 aliphatic rings. The number of phosphoric acid groups is 2. The monoisotopic (exact) mass is 1540 g/mol. The van der Waals surface area contributed by atoms with Crippen molar-refractivity contribution in [3.05, 3.63) is 0 Å². The molecule has 0 aliphatic carbocycles. The molecule has 0 aromatic carbocycles. The number of carbonyl (C=O) groups excluding carboxylic acids is 4. The maximum atomic E-state index is 13.1. The number of aliphatic hydroxyl groups is 1. The Morgan fingerprint density at radius 3 is 0.648 bits per heavy atom. The van der Waals surface area contributed by atoms with Crippen LogP contribution in [0.15, 0.2) is 0 Å². The Labute approximate surface area is 645 Å². The summed E-state index contributed by atoms with van der Waals surface area (Å²) in [5.74, 6) is -1.29. The summed E-state index contributed by atoms with van der Waals surface area (Å²) in [5, 5.41) is 10.7. The van der Waals surface area contributed by atoms with Crippen LogP contribution in [-0.4, -0.2) is 96.7 Å². The van der Waals surface area contributed by atoms with Crippen molar-refractivity contribution >= 4 is 39.5 Å². The van der Waals surface area contributed by atoms with Gasteiger partial charge in [0.2, 0.25) is 0 Å². The lowest BCUT2D eigenvalue weighted by atomic mass is 10.0. The number of phosphoric ester groups is 2. The summed E-state index contributed by atoms with van der Waals surface area (Å²) in [5.41, 5.74) is 0. The van der Waals surface area contributed by atoms with Gasteiger partial charge in [-0.1, -0.05) is 413 Å². The molecule has 0 fully saturated rings. The number of unbranched alkanes of at least 4 members (excludes halogenated alkanes) is 58. The highest BCUT2D eigenvalue weighted by atomic mass is 31.2. The lowest BCUT2D eigenvalue weighted by Crippen LogP contribution is -2.30. The zero-order valence-electron chi connectivity index (χ0n) is 68.9. The van der Waals surface area contributed by atoms with Crippen molar-refractivity contribution in [2.75, 3.05) is 39.6 Å². The van der Waals surface area contributed by atoms with Crippen molar-refractivity contribution in [3.8, 4) is 0 Å². The van der Waals surface area contributed by atoms with E-state index in [1.165, 1.54) is 289 Å². The van der Waals surface area contributed by atoms with Gasteiger partial charge in [-0.25, -0.2) is 9.13 Å². The van der Waals surface area contributed by atoms with Crippen molar-refractivity contribution < 1.29 is 80.2 Å². The predicted molar refractivity (Wildman–Crippen MR) is 432 cm³/mol. The molecule has 0 aromatic heterocycles. The van der Waals surface area contributed by atoms with Crippen molar-refractivity contribution in [2.45, 2.75) is 483 Å². The van der Waals surface area contributed by atoms with Crippen LogP contribution in [0.3, 0.4) is 0 Å². The van der Waals surface area contributed by atoms with Crippen molar-refractivity contribution in [3.63, 3.8) is 0 Å². The molecular weight excluding hydrogens is 1370 g/mol. The molecule has 105 heavy (non-hydrogen) atoms. The highest BCUT2D eigenvalue weighted by Crippen LogP contribution is 2.45. The molecule has 19 heteroatoms. The fraction of sp³-hybridized carbons (Fsp3) is 0.953. The number of rotatable bonds is 86. The first-order valence-corrected chi connectivity index (χ1v) is 47.6. The molecule has 5 atom stereocenters. The number of ether oxygens (including phenoxy) is 4. The van der Waals surface area contributed by atoms with Crippen LogP contribution in [0, 0.1) is 5.92 Å². The van der Waals surface area contributed by atoms with Crippen LogP contribution in [0.4, 0.5) is 0 Å². The van der Waals surface area contributed by atoms with Crippen LogP contribution in [0.5, 0.6) is 0 Å². The van der Waals surface area contributed by atoms with Crippen LogP contribution in [0.2, 0.25) is 0 Å². The molecule has 2 unspecified atom stereocenters. The van der Waals surface area contributed by atoms with E-state index in [9.17, 15) is 43.2 Å². The van der Waals surface area contributed by atoms with Crippen LogP contribution < -0.4 is 0 Å². The first-order chi connectivity index (χ1) is 51.0. The molecule has 0 aliphatic heterocycles. The Hall–Kier alpha value is -1.94. The molecule has 0 radical (unpaired) electrons. The summed E-state index contributed by atoms with van der Waals surface area (Å²) < 4.78 is 68.8. The van der Waals surface area contributed by atoms with E-state index in [-0.39, 0.29) is 25.7 Å². The average Bonchev–Trinajstić information content (AvgIpc) is 0.908. The third-order valence-electron chi connectivity index (χ3n) is 20.3. The van der Waals surface area contributed by atoms with Crippen LogP contribution in [0.25, 0.3) is 0 Å². The molecule has 624 valence electrons. The predicted octanol–water partition coefficient (Wildman–Crippen LogP) is 26.4. The second-order valence-electron chi connectivity index (χ2n) is 31.4. The second-order valence-corrected chi connectivity index (χ2v) is 34.3. The first-order valence-electron chi connectivity index (χ1n) is 44.6. The van der Waals surface area contributed by atoms with Gasteiger partial charge in [-0.15, -0.1) is 0 Å². The fourth-order valence-corrected chi connectivity index (χ4v) is 15.1. The molecule has 0 saturated carbocycles. The van der Waals surface area contributed by atoms with E-state index in [2.05, 4.69) is 34.6 Å². The molecule has 0 heterocycles. The van der Waals surface area contributed by atoms with Gasteiger partial charge in [-0.2, -0.15) is 0 Å². The SMILES string of the molecule is CCCCCCCCCCCCCCCCCCCCCCC(=O)O[C@H](COC(=O)CCCCCCCCCCCCCCCCCCC(C)C)COP(=O)(O)OC[C@@H](O)COP(=O)(O)OC[C@@H](COC(=O)CCCCCCCCCC)OC(=O)CCCCCCCCCCCCCCCCCCCC. The van der Waals surface area contributed by atoms with Crippen molar-refractivity contribution in [1.82, 2.24) is 0 Å². The van der Waals surface area contributed by atoms with Gasteiger partial charge in [0.1, 0.15) is 19.3 Å². The Morgan fingerprint density at radius 2 is 0.438 bits per heavy atom. The van der Waals surface area contributed by atoms with Crippen LogP contribution in [-0.2, 0) is 65.4 Å². The molecule has 0 saturated heterocycles. The summed E-state index contributed by atoms with van der Waals surface area (Å²) >= 11 is 0. The van der Waals surface area contributed by atoms with E-state index in [1.54, 1.807) is 0 Å². The van der Waals surface area contributed by atoms with Crippen molar-refractivity contribution in [2.24, 2.45) is 5.92 Å². The van der Waals surface area contributed by atoms with Gasteiger partial charge < -0.3 is 33.8 Å². The molecular formula is C86H168O17P2. The highest BCUT2D eigenvalue weighted by molar-refractivity contribution is 7.47. The lowest BCUT2D eigenvalue weighted by Gasteiger charge is -2.21. The fourth-order valence-electron chi connectivity index (χ4n) is 13.5. The number of carbonyl (C=O) groups is 4. The van der Waals surface area contributed by atoms with Gasteiger partial charge in [0.05, 0.1) is 26.4 Å². The standard InChI is InChI=1S/C86H168O17P2/c1-6-9-12-15-18-21-23-25-27-29-31-32-34-40-44-48-52-57-62-67-72-86(91)103-82(76-97-84(89)70-65-60-55-50-46-42-38-36-35-37-41-45-49-53-58-63-68-79(4)5)78-101-105(94,95)99-74-80(87)73-98-104(92,93)100-77-81(75-96-83(88)69-64-59-54-20-17-14-11-8-3)102-85(90)71-66-61-56-51-47-43-39-33-30-28-26-24-22-19-16-13-10-7-2/h79-82,87H,6-78H2,1-5H3,(H,92,93)(H,94,95)/t80-,81+,82+/m0/s1. The quantitative estimate of drug-likeness (QED) is 0.0222. The van der Waals surface area contributed by atoms with Gasteiger partial charge in [0, 0.05) is 25.7 Å². The molecule has 17 nitrogen and oxygen atoms in total. The third-order valence-corrected chi connectivity index (χ3v) is 22.2.